The van der Waals surface area contributed by atoms with Crippen LogP contribution in [0.1, 0.15) is 18.4 Å². The van der Waals surface area contributed by atoms with Crippen LogP contribution >= 0.6 is 23.2 Å². The van der Waals surface area contributed by atoms with Gasteiger partial charge >= 0.3 is 0 Å². The molecule has 0 atom stereocenters. The number of nitrogens with two attached hydrogens (primary N) is 1. The smallest absolute Gasteiger partial charge is 0.242 e. The lowest BCUT2D eigenvalue weighted by Crippen LogP contribution is -2.33. The number of likely N-dealkylation sites (tertiary alicyclic amines) is 1. The Labute approximate surface area is 135 Å². The molecular formula is C13H19Cl2N3O2S. The first-order valence-corrected chi connectivity index (χ1v) is 9.08. The van der Waals surface area contributed by atoms with E-state index < -0.39 is 10.0 Å². The molecule has 0 radical (unpaired) electrons. The van der Waals surface area contributed by atoms with Crippen molar-refractivity contribution in [2.45, 2.75) is 24.3 Å². The summed E-state index contributed by atoms with van der Waals surface area (Å²) in [6, 6.07) is 2.91. The minimum atomic E-state index is -3.65. The van der Waals surface area contributed by atoms with E-state index in [9.17, 15) is 8.42 Å². The third kappa shape index (κ3) is 4.09. The summed E-state index contributed by atoms with van der Waals surface area (Å²) in [4.78, 5) is 2.26. The first-order chi connectivity index (χ1) is 9.95. The Morgan fingerprint density at radius 1 is 1.24 bits per heavy atom. The van der Waals surface area contributed by atoms with E-state index in [1.54, 1.807) is 0 Å². The lowest BCUT2D eigenvalue weighted by molar-refractivity contribution is 0.344. The van der Waals surface area contributed by atoms with Crippen molar-refractivity contribution in [3.63, 3.8) is 0 Å². The van der Waals surface area contributed by atoms with Gasteiger partial charge in [0.1, 0.15) is 4.90 Å². The van der Waals surface area contributed by atoms with Crippen LogP contribution in [-0.2, 0) is 16.6 Å². The maximum atomic E-state index is 12.3. The minimum absolute atomic E-state index is 0.0236. The molecule has 0 unspecified atom stereocenters. The van der Waals surface area contributed by atoms with Crippen LogP contribution < -0.4 is 10.5 Å². The molecule has 1 fully saturated rings. The molecule has 0 amide bonds. The van der Waals surface area contributed by atoms with Crippen LogP contribution in [0.4, 0.5) is 0 Å². The highest BCUT2D eigenvalue weighted by Gasteiger charge is 2.21. The Kier molecular flexibility index (Phi) is 5.88. The Hall–Kier alpha value is -0.370. The third-order valence-electron chi connectivity index (χ3n) is 3.56. The van der Waals surface area contributed by atoms with E-state index in [-0.39, 0.29) is 16.5 Å². The number of nitrogens with one attached hydrogen (secondary N) is 1. The fourth-order valence-corrected chi connectivity index (χ4v) is 4.34. The van der Waals surface area contributed by atoms with Crippen molar-refractivity contribution in [2.75, 3.05) is 26.2 Å². The standard InChI is InChI=1S/C13H19Cl2N3O2S/c14-11-3-4-12(13(15)10(11)9-16)21(19,20)17-5-8-18-6-1-2-7-18/h3-4,17H,1-2,5-9,16H2. The molecule has 1 saturated heterocycles. The maximum absolute atomic E-state index is 12.3. The van der Waals surface area contributed by atoms with Crippen molar-refractivity contribution in [3.05, 3.63) is 27.7 Å². The number of sulfonamides is 1. The summed E-state index contributed by atoms with van der Waals surface area (Å²) >= 11 is 12.1. The van der Waals surface area contributed by atoms with E-state index in [1.807, 2.05) is 0 Å². The Balaban J connectivity index is 2.08. The molecule has 5 nitrogen and oxygen atoms in total. The molecule has 2 rings (SSSR count). The van der Waals surface area contributed by atoms with Gasteiger partial charge in [0.25, 0.3) is 0 Å². The normalized spacial score (nSPS) is 16.5. The Morgan fingerprint density at radius 2 is 1.90 bits per heavy atom. The Bertz CT molecular complexity index is 602. The van der Waals surface area contributed by atoms with Crippen molar-refractivity contribution in [1.82, 2.24) is 9.62 Å². The van der Waals surface area contributed by atoms with Gasteiger partial charge in [-0.05, 0) is 38.1 Å². The number of rotatable bonds is 6. The van der Waals surface area contributed by atoms with E-state index >= 15 is 0 Å². The molecule has 0 aliphatic carbocycles. The van der Waals surface area contributed by atoms with Gasteiger partial charge in [0.2, 0.25) is 10.0 Å². The molecule has 0 saturated carbocycles. The summed E-state index contributed by atoms with van der Waals surface area (Å²) in [6.45, 7) is 3.21. The topological polar surface area (TPSA) is 75.4 Å². The van der Waals surface area contributed by atoms with Crippen LogP contribution in [-0.4, -0.2) is 39.5 Å². The van der Waals surface area contributed by atoms with Crippen LogP contribution in [0.2, 0.25) is 10.0 Å². The number of hydrogen-bond acceptors (Lipinski definition) is 4. The molecule has 1 aromatic rings. The lowest BCUT2D eigenvalue weighted by Gasteiger charge is -2.16. The lowest BCUT2D eigenvalue weighted by atomic mass is 10.2. The fourth-order valence-electron chi connectivity index (χ4n) is 2.39. The fraction of sp³-hybridized carbons (Fsp3) is 0.538. The molecular weight excluding hydrogens is 333 g/mol. The highest BCUT2D eigenvalue weighted by Crippen LogP contribution is 2.30. The van der Waals surface area contributed by atoms with E-state index in [0.29, 0.717) is 23.7 Å². The molecule has 0 bridgehead atoms. The van der Waals surface area contributed by atoms with Crippen LogP contribution in [0.25, 0.3) is 0 Å². The second-order valence-electron chi connectivity index (χ2n) is 4.99. The quantitative estimate of drug-likeness (QED) is 0.819. The molecule has 1 aliphatic heterocycles. The predicted octanol–water partition coefficient (Wildman–Crippen LogP) is 1.83. The van der Waals surface area contributed by atoms with E-state index in [0.717, 1.165) is 13.1 Å². The van der Waals surface area contributed by atoms with Crippen LogP contribution in [0.5, 0.6) is 0 Å². The van der Waals surface area contributed by atoms with Gasteiger partial charge in [-0.15, -0.1) is 0 Å². The van der Waals surface area contributed by atoms with Crippen molar-refractivity contribution in [1.29, 1.82) is 0 Å². The average Bonchev–Trinajstić information content (AvgIpc) is 2.92. The summed E-state index contributed by atoms with van der Waals surface area (Å²) in [5.41, 5.74) is 6.00. The van der Waals surface area contributed by atoms with Gasteiger partial charge in [-0.1, -0.05) is 23.2 Å². The molecule has 8 heteroatoms. The second-order valence-corrected chi connectivity index (χ2v) is 7.51. The van der Waals surface area contributed by atoms with Gasteiger partial charge in [0.05, 0.1) is 5.02 Å². The zero-order valence-corrected chi connectivity index (χ0v) is 13.9. The van der Waals surface area contributed by atoms with Crippen molar-refractivity contribution >= 4 is 33.2 Å². The molecule has 21 heavy (non-hydrogen) atoms. The van der Waals surface area contributed by atoms with Crippen LogP contribution in [0.3, 0.4) is 0 Å². The molecule has 3 N–H and O–H groups in total. The molecule has 1 heterocycles. The minimum Gasteiger partial charge on any atom is -0.326 e. The average molecular weight is 352 g/mol. The first kappa shape index (κ1) is 17.0. The molecule has 1 aliphatic rings. The highest BCUT2D eigenvalue weighted by molar-refractivity contribution is 7.89. The van der Waals surface area contributed by atoms with Gasteiger partial charge < -0.3 is 10.6 Å². The van der Waals surface area contributed by atoms with Crippen LogP contribution in [0.15, 0.2) is 17.0 Å². The SMILES string of the molecule is NCc1c(Cl)ccc(S(=O)(=O)NCCN2CCCC2)c1Cl. The van der Waals surface area contributed by atoms with Crippen molar-refractivity contribution in [3.8, 4) is 0 Å². The summed E-state index contributed by atoms with van der Waals surface area (Å²) in [6.07, 6.45) is 2.35. The van der Waals surface area contributed by atoms with E-state index in [1.165, 1.54) is 25.0 Å². The third-order valence-corrected chi connectivity index (χ3v) is 5.96. The van der Waals surface area contributed by atoms with Gasteiger partial charge in [0.15, 0.2) is 0 Å². The monoisotopic (exact) mass is 351 g/mol. The summed E-state index contributed by atoms with van der Waals surface area (Å²) < 4.78 is 27.2. The summed E-state index contributed by atoms with van der Waals surface area (Å²) in [5.74, 6) is 0. The largest absolute Gasteiger partial charge is 0.326 e. The van der Waals surface area contributed by atoms with Crippen LogP contribution in [0, 0.1) is 0 Å². The summed E-state index contributed by atoms with van der Waals surface area (Å²) in [5, 5.41) is 0.470. The number of benzene rings is 1. The number of halogens is 2. The van der Waals surface area contributed by atoms with Gasteiger partial charge in [-0.2, -0.15) is 0 Å². The zero-order chi connectivity index (χ0) is 15.5. The van der Waals surface area contributed by atoms with Gasteiger partial charge in [-0.3, -0.25) is 0 Å². The number of nitrogens with zero attached hydrogens (tertiary/aromatic N) is 1. The predicted molar refractivity (Wildman–Crippen MR) is 85.2 cm³/mol. The van der Waals surface area contributed by atoms with E-state index in [2.05, 4.69) is 9.62 Å². The number of hydrogen-bond donors (Lipinski definition) is 2. The zero-order valence-electron chi connectivity index (χ0n) is 11.6. The second kappa shape index (κ2) is 7.26. The first-order valence-electron chi connectivity index (χ1n) is 6.84. The molecule has 0 aromatic heterocycles. The Morgan fingerprint density at radius 3 is 2.52 bits per heavy atom. The van der Waals surface area contributed by atoms with Crippen molar-refractivity contribution < 1.29 is 8.42 Å². The van der Waals surface area contributed by atoms with Gasteiger partial charge in [-0.25, -0.2) is 13.1 Å². The van der Waals surface area contributed by atoms with Gasteiger partial charge in [0, 0.05) is 30.2 Å². The molecule has 118 valence electrons. The molecule has 1 aromatic carbocycles. The maximum Gasteiger partial charge on any atom is 0.242 e. The van der Waals surface area contributed by atoms with E-state index in [4.69, 9.17) is 28.9 Å². The highest BCUT2D eigenvalue weighted by atomic mass is 35.5. The molecule has 0 spiro atoms. The summed E-state index contributed by atoms with van der Waals surface area (Å²) in [7, 11) is -3.65. The van der Waals surface area contributed by atoms with Crippen molar-refractivity contribution in [2.24, 2.45) is 5.73 Å².